The summed E-state index contributed by atoms with van der Waals surface area (Å²) in [5, 5.41) is 7.10. The summed E-state index contributed by atoms with van der Waals surface area (Å²) in [4.78, 5) is 18.3. The number of benzene rings is 1. The van der Waals surface area contributed by atoms with E-state index < -0.39 is 0 Å². The third-order valence-electron chi connectivity index (χ3n) is 7.04. The average Bonchev–Trinajstić information content (AvgIpc) is 2.77. The molecule has 3 rings (SSSR count). The number of nitrogens with zero attached hydrogens (tertiary/aromatic N) is 2. The van der Waals surface area contributed by atoms with E-state index in [0.717, 1.165) is 56.8 Å². The maximum atomic E-state index is 11.5. The number of guanidine groups is 1. The minimum Gasteiger partial charge on any atom is -0.369 e. The fourth-order valence-corrected chi connectivity index (χ4v) is 5.03. The number of rotatable bonds is 7. The van der Waals surface area contributed by atoms with Gasteiger partial charge in [-0.1, -0.05) is 38.1 Å². The van der Waals surface area contributed by atoms with Crippen molar-refractivity contribution in [1.29, 1.82) is 0 Å². The van der Waals surface area contributed by atoms with E-state index in [2.05, 4.69) is 58.6 Å². The molecule has 1 amide bonds. The monoisotopic (exact) mass is 427 g/mol. The number of primary amides is 1. The number of carbonyl (C=O) groups is 1. The van der Waals surface area contributed by atoms with E-state index >= 15 is 0 Å². The lowest BCUT2D eigenvalue weighted by Gasteiger charge is -2.32. The van der Waals surface area contributed by atoms with E-state index in [4.69, 9.17) is 5.73 Å². The van der Waals surface area contributed by atoms with Crippen LogP contribution < -0.4 is 16.4 Å². The molecule has 1 aliphatic carbocycles. The van der Waals surface area contributed by atoms with Crippen molar-refractivity contribution in [3.8, 4) is 0 Å². The minimum absolute atomic E-state index is 0.0106. The zero-order chi connectivity index (χ0) is 22.2. The van der Waals surface area contributed by atoms with Gasteiger partial charge in [0.1, 0.15) is 0 Å². The average molecular weight is 428 g/mol. The molecule has 1 saturated heterocycles. The van der Waals surface area contributed by atoms with E-state index in [9.17, 15) is 4.79 Å². The molecule has 4 N–H and O–H groups in total. The van der Waals surface area contributed by atoms with Crippen LogP contribution in [0.15, 0.2) is 29.3 Å². The molecule has 1 aromatic carbocycles. The van der Waals surface area contributed by atoms with Gasteiger partial charge in [-0.2, -0.15) is 0 Å². The number of nitrogens with one attached hydrogen (secondary N) is 2. The first-order valence-electron chi connectivity index (χ1n) is 12.0. The van der Waals surface area contributed by atoms with Crippen LogP contribution in [0.5, 0.6) is 0 Å². The third-order valence-corrected chi connectivity index (χ3v) is 7.04. The number of amides is 1. The Bertz CT molecular complexity index is 739. The van der Waals surface area contributed by atoms with E-state index in [1.54, 1.807) is 0 Å². The van der Waals surface area contributed by atoms with Crippen molar-refractivity contribution >= 4 is 11.9 Å². The van der Waals surface area contributed by atoms with Gasteiger partial charge in [0.05, 0.1) is 5.92 Å². The van der Waals surface area contributed by atoms with Gasteiger partial charge in [-0.05, 0) is 68.0 Å². The second-order valence-electron chi connectivity index (χ2n) is 9.72. The van der Waals surface area contributed by atoms with Gasteiger partial charge in [0.2, 0.25) is 5.91 Å². The van der Waals surface area contributed by atoms with Crippen LogP contribution in [0.2, 0.25) is 0 Å². The van der Waals surface area contributed by atoms with Crippen LogP contribution in [0.25, 0.3) is 0 Å². The van der Waals surface area contributed by atoms with Crippen LogP contribution in [0.1, 0.15) is 63.5 Å². The van der Waals surface area contributed by atoms with E-state index in [1.165, 1.54) is 36.8 Å². The molecule has 6 heteroatoms. The highest BCUT2D eigenvalue weighted by Gasteiger charge is 2.24. The molecule has 1 saturated carbocycles. The summed E-state index contributed by atoms with van der Waals surface area (Å²) in [5.41, 5.74) is 8.04. The Morgan fingerprint density at radius 2 is 1.94 bits per heavy atom. The van der Waals surface area contributed by atoms with Crippen LogP contribution in [0, 0.1) is 17.8 Å². The molecule has 1 aliphatic heterocycles. The number of carbonyl (C=O) groups excluding carboxylic acids is 1. The Morgan fingerprint density at radius 1 is 1.19 bits per heavy atom. The summed E-state index contributed by atoms with van der Waals surface area (Å²) in [6.07, 6.45) is 7.02. The Hall–Kier alpha value is -2.08. The molecule has 1 heterocycles. The highest BCUT2D eigenvalue weighted by atomic mass is 16.1. The zero-order valence-corrected chi connectivity index (χ0v) is 19.6. The Labute approximate surface area is 188 Å². The zero-order valence-electron chi connectivity index (χ0n) is 19.6. The third kappa shape index (κ3) is 7.23. The van der Waals surface area contributed by atoms with Crippen LogP contribution in [-0.4, -0.2) is 42.9 Å². The van der Waals surface area contributed by atoms with Crippen molar-refractivity contribution in [2.45, 2.75) is 71.5 Å². The molecule has 0 spiro atoms. The predicted molar refractivity (Wildman–Crippen MR) is 128 cm³/mol. The minimum atomic E-state index is -0.167. The molecule has 2 aliphatic rings. The van der Waals surface area contributed by atoms with Crippen LogP contribution in [-0.2, 0) is 17.9 Å². The summed E-state index contributed by atoms with van der Waals surface area (Å²) in [6.45, 7) is 8.10. The topological polar surface area (TPSA) is 82.8 Å². The molecule has 0 radical (unpaired) electrons. The Kier molecular flexibility index (Phi) is 8.76. The first-order valence-corrected chi connectivity index (χ1v) is 12.0. The Balaban J connectivity index is 1.47. The molecule has 2 fully saturated rings. The summed E-state index contributed by atoms with van der Waals surface area (Å²) in [6, 6.07) is 9.20. The lowest BCUT2D eigenvalue weighted by Crippen LogP contribution is -2.44. The largest absolute Gasteiger partial charge is 0.369 e. The van der Waals surface area contributed by atoms with Gasteiger partial charge in [-0.3, -0.25) is 14.7 Å². The van der Waals surface area contributed by atoms with E-state index in [1.807, 2.05) is 7.05 Å². The number of piperidine rings is 1. The van der Waals surface area contributed by atoms with Gasteiger partial charge in [-0.25, -0.2) is 0 Å². The SMILES string of the molecule is CN=C(NCc1cccc(CN2CCCC(C(N)=O)C2)c1)NC1CCC(C(C)C)CC1. The molecule has 1 aromatic rings. The number of hydrogen-bond acceptors (Lipinski definition) is 3. The lowest BCUT2D eigenvalue weighted by atomic mass is 9.80. The molecule has 172 valence electrons. The van der Waals surface area contributed by atoms with E-state index in [0.29, 0.717) is 6.04 Å². The fraction of sp³-hybridized carbons (Fsp3) is 0.680. The van der Waals surface area contributed by atoms with Crippen LogP contribution in [0.4, 0.5) is 0 Å². The van der Waals surface area contributed by atoms with E-state index in [-0.39, 0.29) is 11.8 Å². The number of hydrogen-bond donors (Lipinski definition) is 3. The second kappa shape index (κ2) is 11.5. The van der Waals surface area contributed by atoms with Gasteiger partial charge in [0.25, 0.3) is 0 Å². The van der Waals surface area contributed by atoms with Gasteiger partial charge in [0, 0.05) is 32.7 Å². The van der Waals surface area contributed by atoms with Gasteiger partial charge < -0.3 is 16.4 Å². The summed E-state index contributed by atoms with van der Waals surface area (Å²) in [5.74, 6) is 2.37. The molecular weight excluding hydrogens is 386 g/mol. The quantitative estimate of drug-likeness (QED) is 0.461. The number of likely N-dealkylation sites (tertiary alicyclic amines) is 1. The molecule has 0 bridgehead atoms. The maximum absolute atomic E-state index is 11.5. The summed E-state index contributed by atoms with van der Waals surface area (Å²) in [7, 11) is 1.84. The number of nitrogens with two attached hydrogens (primary N) is 1. The van der Waals surface area contributed by atoms with Crippen LogP contribution in [0.3, 0.4) is 0 Å². The summed E-state index contributed by atoms with van der Waals surface area (Å²) < 4.78 is 0. The molecular formula is C25H41N5O. The fourth-order valence-electron chi connectivity index (χ4n) is 5.03. The van der Waals surface area contributed by atoms with Crippen molar-refractivity contribution in [1.82, 2.24) is 15.5 Å². The molecule has 6 nitrogen and oxygen atoms in total. The number of aliphatic imine (C=N–C) groups is 1. The highest BCUT2D eigenvalue weighted by molar-refractivity contribution is 5.80. The lowest BCUT2D eigenvalue weighted by molar-refractivity contribution is -0.123. The van der Waals surface area contributed by atoms with Crippen molar-refractivity contribution in [2.24, 2.45) is 28.5 Å². The van der Waals surface area contributed by atoms with Crippen LogP contribution >= 0.6 is 0 Å². The van der Waals surface area contributed by atoms with Crippen molar-refractivity contribution in [3.05, 3.63) is 35.4 Å². The van der Waals surface area contributed by atoms with Gasteiger partial charge >= 0.3 is 0 Å². The van der Waals surface area contributed by atoms with Crippen molar-refractivity contribution < 1.29 is 4.79 Å². The smallest absolute Gasteiger partial charge is 0.221 e. The molecule has 1 atom stereocenters. The van der Waals surface area contributed by atoms with Crippen molar-refractivity contribution in [2.75, 3.05) is 20.1 Å². The molecule has 1 unspecified atom stereocenters. The highest BCUT2D eigenvalue weighted by Crippen LogP contribution is 2.29. The first kappa shape index (κ1) is 23.6. The normalized spacial score (nSPS) is 25.4. The van der Waals surface area contributed by atoms with Gasteiger partial charge in [-0.15, -0.1) is 0 Å². The standard InChI is InChI=1S/C25H41N5O/c1-18(2)21-9-11-23(12-10-21)29-25(27-3)28-15-19-6-4-7-20(14-19)16-30-13-5-8-22(17-30)24(26)31/h4,6-7,14,18,21-23H,5,8-13,15-17H2,1-3H3,(H2,26,31)(H2,27,28,29). The second-order valence-corrected chi connectivity index (χ2v) is 9.72. The predicted octanol–water partition coefficient (Wildman–Crippen LogP) is 3.26. The van der Waals surface area contributed by atoms with Crippen molar-refractivity contribution in [3.63, 3.8) is 0 Å². The Morgan fingerprint density at radius 3 is 2.61 bits per heavy atom. The maximum Gasteiger partial charge on any atom is 0.221 e. The summed E-state index contributed by atoms with van der Waals surface area (Å²) >= 11 is 0. The van der Waals surface area contributed by atoms with Gasteiger partial charge in [0.15, 0.2) is 5.96 Å². The molecule has 0 aromatic heterocycles. The first-order chi connectivity index (χ1) is 14.9. The molecule has 31 heavy (non-hydrogen) atoms.